The van der Waals surface area contributed by atoms with Gasteiger partial charge in [-0.05, 0) is 50.7 Å². The molecule has 0 aromatic carbocycles. The molecule has 110 valence electrons. The zero-order chi connectivity index (χ0) is 14.2. The molecule has 1 N–H and O–H groups in total. The number of nitrogens with one attached hydrogen (secondary N) is 1. The van der Waals surface area contributed by atoms with Crippen LogP contribution < -0.4 is 5.32 Å². The first-order valence-corrected chi connectivity index (χ1v) is 8.77. The Hall–Kier alpha value is -1.14. The number of rotatable bonds is 7. The van der Waals surface area contributed by atoms with Gasteiger partial charge in [0, 0.05) is 25.3 Å². The summed E-state index contributed by atoms with van der Waals surface area (Å²) in [7, 11) is -3.38. The molecule has 1 heterocycles. The highest BCUT2D eigenvalue weighted by molar-refractivity contribution is 7.89. The molecule has 2 saturated carbocycles. The minimum Gasteiger partial charge on any atom is -0.370 e. The Morgan fingerprint density at radius 2 is 2.05 bits per heavy atom. The minimum absolute atomic E-state index is 0.217. The Morgan fingerprint density at radius 3 is 2.55 bits per heavy atom. The van der Waals surface area contributed by atoms with Gasteiger partial charge in [0.25, 0.3) is 0 Å². The molecule has 0 spiro atoms. The van der Waals surface area contributed by atoms with Crippen LogP contribution in [0.5, 0.6) is 0 Å². The van der Waals surface area contributed by atoms with Gasteiger partial charge in [0.15, 0.2) is 0 Å². The molecule has 5 nitrogen and oxygen atoms in total. The van der Waals surface area contributed by atoms with Gasteiger partial charge >= 0.3 is 0 Å². The van der Waals surface area contributed by atoms with E-state index in [9.17, 15) is 8.42 Å². The molecule has 0 radical (unpaired) electrons. The second kappa shape index (κ2) is 5.33. The van der Waals surface area contributed by atoms with Crippen molar-refractivity contribution in [2.24, 2.45) is 5.92 Å². The quantitative estimate of drug-likeness (QED) is 0.836. The average molecular weight is 295 g/mol. The normalized spacial score (nSPS) is 19.3. The molecule has 0 amide bonds. The lowest BCUT2D eigenvalue weighted by Gasteiger charge is -2.21. The number of nitrogens with zero attached hydrogens (tertiary/aromatic N) is 2. The van der Waals surface area contributed by atoms with E-state index >= 15 is 0 Å². The van der Waals surface area contributed by atoms with Crippen molar-refractivity contribution in [3.8, 4) is 0 Å². The SMILES string of the molecule is CCNc1ccc(S(=O)(=O)N(CC2CC2)C2CC2)cn1. The molecule has 0 saturated heterocycles. The maximum Gasteiger partial charge on any atom is 0.244 e. The van der Waals surface area contributed by atoms with E-state index in [0.29, 0.717) is 23.2 Å². The highest BCUT2D eigenvalue weighted by Crippen LogP contribution is 2.37. The zero-order valence-corrected chi connectivity index (χ0v) is 12.6. The largest absolute Gasteiger partial charge is 0.370 e. The lowest BCUT2D eigenvalue weighted by atomic mass is 10.4. The standard InChI is InChI=1S/C14H21N3O2S/c1-2-15-14-8-7-13(9-16-14)20(18,19)17(12-5-6-12)10-11-3-4-11/h7-9,11-12H,2-6,10H2,1H3,(H,15,16). The summed E-state index contributed by atoms with van der Waals surface area (Å²) in [5.74, 6) is 1.28. The van der Waals surface area contributed by atoms with E-state index < -0.39 is 10.0 Å². The van der Waals surface area contributed by atoms with Gasteiger partial charge in [0.05, 0.1) is 0 Å². The van der Waals surface area contributed by atoms with Crippen molar-refractivity contribution in [3.05, 3.63) is 18.3 Å². The van der Waals surface area contributed by atoms with Crippen LogP contribution >= 0.6 is 0 Å². The fourth-order valence-corrected chi connectivity index (χ4v) is 4.02. The molecule has 2 aliphatic rings. The Bertz CT molecular complexity index is 563. The summed E-state index contributed by atoms with van der Waals surface area (Å²) in [6.07, 6.45) is 5.78. The maximum atomic E-state index is 12.7. The van der Waals surface area contributed by atoms with Gasteiger partial charge in [-0.1, -0.05) is 0 Å². The molecule has 0 aliphatic heterocycles. The van der Waals surface area contributed by atoms with Gasteiger partial charge < -0.3 is 5.32 Å². The lowest BCUT2D eigenvalue weighted by molar-refractivity contribution is 0.388. The summed E-state index contributed by atoms with van der Waals surface area (Å²) in [5.41, 5.74) is 0. The van der Waals surface area contributed by atoms with Crippen LogP contribution in [0.2, 0.25) is 0 Å². The van der Waals surface area contributed by atoms with Gasteiger partial charge in [0.2, 0.25) is 10.0 Å². The molecule has 3 rings (SSSR count). The summed E-state index contributed by atoms with van der Waals surface area (Å²) >= 11 is 0. The van der Waals surface area contributed by atoms with E-state index in [1.807, 2.05) is 6.92 Å². The molecule has 0 bridgehead atoms. The number of pyridine rings is 1. The third-order valence-corrected chi connectivity index (χ3v) is 5.69. The fourth-order valence-electron chi connectivity index (χ4n) is 2.31. The molecule has 20 heavy (non-hydrogen) atoms. The van der Waals surface area contributed by atoms with Gasteiger partial charge in [-0.25, -0.2) is 13.4 Å². The van der Waals surface area contributed by atoms with E-state index in [1.54, 1.807) is 16.4 Å². The molecule has 0 unspecified atom stereocenters. The number of anilines is 1. The van der Waals surface area contributed by atoms with E-state index in [-0.39, 0.29) is 6.04 Å². The van der Waals surface area contributed by atoms with Crippen LogP contribution in [-0.2, 0) is 10.0 Å². The van der Waals surface area contributed by atoms with Crippen molar-refractivity contribution in [2.75, 3.05) is 18.4 Å². The second-order valence-corrected chi connectivity index (χ2v) is 7.55. The van der Waals surface area contributed by atoms with E-state index in [0.717, 1.165) is 32.2 Å². The first-order chi connectivity index (χ1) is 9.61. The zero-order valence-electron chi connectivity index (χ0n) is 11.7. The number of hydrogen-bond acceptors (Lipinski definition) is 4. The maximum absolute atomic E-state index is 12.7. The van der Waals surface area contributed by atoms with Crippen molar-refractivity contribution in [1.29, 1.82) is 0 Å². The van der Waals surface area contributed by atoms with Crippen molar-refractivity contribution < 1.29 is 8.42 Å². The molecule has 1 aromatic heterocycles. The van der Waals surface area contributed by atoms with Gasteiger partial charge in [-0.15, -0.1) is 0 Å². The molecular formula is C14H21N3O2S. The van der Waals surface area contributed by atoms with Crippen molar-refractivity contribution in [3.63, 3.8) is 0 Å². The predicted octanol–water partition coefficient (Wildman–Crippen LogP) is 2.08. The molecule has 2 fully saturated rings. The third kappa shape index (κ3) is 2.96. The summed E-state index contributed by atoms with van der Waals surface area (Å²) in [4.78, 5) is 4.49. The summed E-state index contributed by atoms with van der Waals surface area (Å²) in [6.45, 7) is 3.44. The van der Waals surface area contributed by atoms with Crippen molar-refractivity contribution in [2.45, 2.75) is 43.5 Å². The molecular weight excluding hydrogens is 274 g/mol. The predicted molar refractivity (Wildman–Crippen MR) is 78.0 cm³/mol. The Labute approximate surface area is 120 Å². The van der Waals surface area contributed by atoms with E-state index in [4.69, 9.17) is 0 Å². The average Bonchev–Trinajstić information content (AvgIpc) is 3.29. The number of hydrogen-bond donors (Lipinski definition) is 1. The van der Waals surface area contributed by atoms with Crippen LogP contribution in [0.3, 0.4) is 0 Å². The Balaban J connectivity index is 1.81. The smallest absolute Gasteiger partial charge is 0.244 e. The summed E-state index contributed by atoms with van der Waals surface area (Å²) < 4.78 is 27.1. The third-order valence-electron chi connectivity index (χ3n) is 3.79. The first kappa shape index (κ1) is 13.8. The molecule has 2 aliphatic carbocycles. The van der Waals surface area contributed by atoms with Crippen LogP contribution in [0, 0.1) is 5.92 Å². The number of aromatic nitrogens is 1. The highest BCUT2D eigenvalue weighted by Gasteiger charge is 2.41. The lowest BCUT2D eigenvalue weighted by Crippen LogP contribution is -2.35. The highest BCUT2D eigenvalue weighted by atomic mass is 32.2. The van der Waals surface area contributed by atoms with Gasteiger partial charge in [-0.3, -0.25) is 0 Å². The topological polar surface area (TPSA) is 62.3 Å². The van der Waals surface area contributed by atoms with Crippen LogP contribution in [0.15, 0.2) is 23.2 Å². The molecule has 1 aromatic rings. The monoisotopic (exact) mass is 295 g/mol. The second-order valence-electron chi connectivity index (χ2n) is 5.66. The number of sulfonamides is 1. The van der Waals surface area contributed by atoms with E-state index in [2.05, 4.69) is 10.3 Å². The van der Waals surface area contributed by atoms with Crippen LogP contribution in [-0.4, -0.2) is 36.8 Å². The van der Waals surface area contributed by atoms with Gasteiger partial charge in [0.1, 0.15) is 10.7 Å². The first-order valence-electron chi connectivity index (χ1n) is 7.33. The van der Waals surface area contributed by atoms with Crippen LogP contribution in [0.25, 0.3) is 0 Å². The Morgan fingerprint density at radius 1 is 1.30 bits per heavy atom. The molecule has 6 heteroatoms. The van der Waals surface area contributed by atoms with Crippen molar-refractivity contribution >= 4 is 15.8 Å². The molecule has 0 atom stereocenters. The summed E-state index contributed by atoms with van der Waals surface area (Å²) in [6, 6.07) is 3.61. The summed E-state index contributed by atoms with van der Waals surface area (Å²) in [5, 5.41) is 3.07. The minimum atomic E-state index is -3.38. The van der Waals surface area contributed by atoms with E-state index in [1.165, 1.54) is 6.20 Å². The Kier molecular flexibility index (Phi) is 3.69. The fraction of sp³-hybridized carbons (Fsp3) is 0.643. The van der Waals surface area contributed by atoms with Gasteiger partial charge in [-0.2, -0.15) is 4.31 Å². The van der Waals surface area contributed by atoms with Crippen molar-refractivity contribution in [1.82, 2.24) is 9.29 Å². The van der Waals surface area contributed by atoms with Crippen LogP contribution in [0.4, 0.5) is 5.82 Å². The van der Waals surface area contributed by atoms with Crippen LogP contribution in [0.1, 0.15) is 32.6 Å².